The Kier molecular flexibility index (Phi) is 5.60. The number of rotatable bonds is 7. The van der Waals surface area contributed by atoms with Crippen LogP contribution in [0.2, 0.25) is 0 Å². The van der Waals surface area contributed by atoms with Crippen LogP contribution in [0.3, 0.4) is 0 Å². The SMILES string of the molecule is O=CCC[C@@H](C=O)NC(=O)c1ccc(-c2ccccc2)cc1. The molecule has 0 saturated carbocycles. The molecule has 22 heavy (non-hydrogen) atoms. The third kappa shape index (κ3) is 4.12. The van der Waals surface area contributed by atoms with E-state index in [1.807, 2.05) is 42.5 Å². The van der Waals surface area contributed by atoms with E-state index in [4.69, 9.17) is 0 Å². The number of hydrogen-bond acceptors (Lipinski definition) is 3. The summed E-state index contributed by atoms with van der Waals surface area (Å²) in [6, 6.07) is 16.4. The Bertz CT molecular complexity index is 635. The summed E-state index contributed by atoms with van der Waals surface area (Å²) in [5.41, 5.74) is 2.58. The van der Waals surface area contributed by atoms with E-state index in [0.29, 0.717) is 18.3 Å². The first kappa shape index (κ1) is 15.6. The van der Waals surface area contributed by atoms with Crippen molar-refractivity contribution in [1.29, 1.82) is 0 Å². The molecule has 2 aromatic rings. The van der Waals surface area contributed by atoms with Crippen LogP contribution in [0.1, 0.15) is 23.2 Å². The summed E-state index contributed by atoms with van der Waals surface area (Å²) in [5, 5.41) is 2.61. The third-order valence-corrected chi connectivity index (χ3v) is 3.33. The van der Waals surface area contributed by atoms with Crippen LogP contribution in [0.5, 0.6) is 0 Å². The van der Waals surface area contributed by atoms with Crippen LogP contribution in [0.4, 0.5) is 0 Å². The summed E-state index contributed by atoms with van der Waals surface area (Å²) in [7, 11) is 0. The van der Waals surface area contributed by atoms with Gasteiger partial charge in [0.25, 0.3) is 5.91 Å². The van der Waals surface area contributed by atoms with E-state index < -0.39 is 6.04 Å². The lowest BCUT2D eigenvalue weighted by Crippen LogP contribution is -2.36. The maximum Gasteiger partial charge on any atom is 0.251 e. The van der Waals surface area contributed by atoms with Gasteiger partial charge in [0.05, 0.1) is 6.04 Å². The summed E-state index contributed by atoms with van der Waals surface area (Å²) < 4.78 is 0. The molecule has 2 rings (SSSR count). The molecule has 0 unspecified atom stereocenters. The van der Waals surface area contributed by atoms with Crippen molar-refractivity contribution in [3.63, 3.8) is 0 Å². The summed E-state index contributed by atoms with van der Waals surface area (Å²) in [5.74, 6) is -0.317. The molecule has 0 radical (unpaired) electrons. The zero-order valence-electron chi connectivity index (χ0n) is 12.1. The van der Waals surface area contributed by atoms with Gasteiger partial charge >= 0.3 is 0 Å². The van der Waals surface area contributed by atoms with Crippen molar-refractivity contribution in [2.45, 2.75) is 18.9 Å². The number of nitrogens with one attached hydrogen (secondary N) is 1. The summed E-state index contributed by atoms with van der Waals surface area (Å²) in [4.78, 5) is 33.3. The Morgan fingerprint density at radius 3 is 2.18 bits per heavy atom. The smallest absolute Gasteiger partial charge is 0.251 e. The average Bonchev–Trinajstić information content (AvgIpc) is 2.59. The van der Waals surface area contributed by atoms with Gasteiger partial charge in [-0.1, -0.05) is 42.5 Å². The lowest BCUT2D eigenvalue weighted by atomic mass is 10.0. The zero-order valence-corrected chi connectivity index (χ0v) is 12.1. The van der Waals surface area contributed by atoms with Gasteiger partial charge in [-0.2, -0.15) is 0 Å². The van der Waals surface area contributed by atoms with Crippen molar-refractivity contribution in [3.8, 4) is 11.1 Å². The summed E-state index contributed by atoms with van der Waals surface area (Å²) >= 11 is 0. The third-order valence-electron chi connectivity index (χ3n) is 3.33. The van der Waals surface area contributed by atoms with E-state index in [9.17, 15) is 14.4 Å². The number of benzene rings is 2. The minimum Gasteiger partial charge on any atom is -0.343 e. The molecule has 112 valence electrons. The van der Waals surface area contributed by atoms with Crippen LogP contribution >= 0.6 is 0 Å². The predicted octanol–water partition coefficient (Wildman–Crippen LogP) is 2.63. The molecule has 0 bridgehead atoms. The number of carbonyl (C=O) groups is 3. The quantitative estimate of drug-likeness (QED) is 0.799. The lowest BCUT2D eigenvalue weighted by Gasteiger charge is -2.11. The molecule has 0 spiro atoms. The largest absolute Gasteiger partial charge is 0.343 e. The van der Waals surface area contributed by atoms with Crippen LogP contribution in [-0.2, 0) is 9.59 Å². The highest BCUT2D eigenvalue weighted by Gasteiger charge is 2.12. The molecule has 2 aromatic carbocycles. The van der Waals surface area contributed by atoms with Crippen molar-refractivity contribution in [2.75, 3.05) is 0 Å². The normalized spacial score (nSPS) is 11.5. The number of hydrogen-bond donors (Lipinski definition) is 1. The second kappa shape index (κ2) is 7.88. The highest BCUT2D eigenvalue weighted by atomic mass is 16.2. The minimum atomic E-state index is -0.633. The Morgan fingerprint density at radius 2 is 1.59 bits per heavy atom. The molecule has 0 aliphatic carbocycles. The monoisotopic (exact) mass is 295 g/mol. The van der Waals surface area contributed by atoms with Crippen molar-refractivity contribution in [2.24, 2.45) is 0 Å². The topological polar surface area (TPSA) is 63.2 Å². The molecule has 0 fully saturated rings. The Balaban J connectivity index is 2.05. The molecule has 4 nitrogen and oxygen atoms in total. The van der Waals surface area contributed by atoms with Gasteiger partial charge in [-0.3, -0.25) is 4.79 Å². The second-order valence-electron chi connectivity index (χ2n) is 4.90. The van der Waals surface area contributed by atoms with Gasteiger partial charge in [-0.05, 0) is 29.7 Å². The van der Waals surface area contributed by atoms with Gasteiger partial charge in [0, 0.05) is 12.0 Å². The molecule has 0 aliphatic heterocycles. The molecule has 0 saturated heterocycles. The number of amides is 1. The van der Waals surface area contributed by atoms with Gasteiger partial charge < -0.3 is 14.9 Å². The molecule has 1 N–H and O–H groups in total. The average molecular weight is 295 g/mol. The van der Waals surface area contributed by atoms with Crippen LogP contribution in [0, 0.1) is 0 Å². The van der Waals surface area contributed by atoms with Gasteiger partial charge in [0.15, 0.2) is 0 Å². The van der Waals surface area contributed by atoms with E-state index in [1.54, 1.807) is 12.1 Å². The highest BCUT2D eigenvalue weighted by Crippen LogP contribution is 2.19. The standard InChI is InChI=1S/C18H17NO3/c20-12-4-7-17(13-21)19-18(22)16-10-8-15(9-11-16)14-5-2-1-3-6-14/h1-3,5-6,8-13,17H,4,7H2,(H,19,22)/t17-/m0/s1. The van der Waals surface area contributed by atoms with Crippen molar-refractivity contribution in [1.82, 2.24) is 5.32 Å². The van der Waals surface area contributed by atoms with E-state index in [0.717, 1.165) is 17.4 Å². The first-order chi connectivity index (χ1) is 10.7. The Labute approximate surface area is 129 Å². The fourth-order valence-electron chi connectivity index (χ4n) is 2.12. The van der Waals surface area contributed by atoms with Gasteiger partial charge in [0.2, 0.25) is 0 Å². The molecule has 1 atom stereocenters. The Hall–Kier alpha value is -2.75. The van der Waals surface area contributed by atoms with Crippen LogP contribution < -0.4 is 5.32 Å². The van der Waals surface area contributed by atoms with Gasteiger partial charge in [-0.15, -0.1) is 0 Å². The van der Waals surface area contributed by atoms with E-state index in [2.05, 4.69) is 5.32 Å². The van der Waals surface area contributed by atoms with Crippen molar-refractivity contribution >= 4 is 18.5 Å². The molecule has 4 heteroatoms. The Morgan fingerprint density at radius 1 is 0.955 bits per heavy atom. The second-order valence-corrected chi connectivity index (χ2v) is 4.90. The lowest BCUT2D eigenvalue weighted by molar-refractivity contribution is -0.110. The minimum absolute atomic E-state index is 0.247. The summed E-state index contributed by atoms with van der Waals surface area (Å²) in [6.45, 7) is 0. The van der Waals surface area contributed by atoms with E-state index in [1.165, 1.54) is 0 Å². The van der Waals surface area contributed by atoms with Crippen molar-refractivity contribution in [3.05, 3.63) is 60.2 Å². The first-order valence-corrected chi connectivity index (χ1v) is 7.10. The maximum absolute atomic E-state index is 12.1. The van der Waals surface area contributed by atoms with Crippen LogP contribution in [0.25, 0.3) is 11.1 Å². The fraction of sp³-hybridized carbons (Fsp3) is 0.167. The molecule has 0 aromatic heterocycles. The zero-order chi connectivity index (χ0) is 15.8. The van der Waals surface area contributed by atoms with Crippen molar-refractivity contribution < 1.29 is 14.4 Å². The summed E-state index contributed by atoms with van der Waals surface area (Å²) in [6.07, 6.45) is 1.95. The molecular weight excluding hydrogens is 278 g/mol. The van der Waals surface area contributed by atoms with Crippen LogP contribution in [-0.4, -0.2) is 24.5 Å². The van der Waals surface area contributed by atoms with Gasteiger partial charge in [0.1, 0.15) is 12.6 Å². The van der Waals surface area contributed by atoms with E-state index in [-0.39, 0.29) is 12.3 Å². The predicted molar refractivity (Wildman–Crippen MR) is 84.5 cm³/mol. The first-order valence-electron chi connectivity index (χ1n) is 7.10. The molecule has 1 amide bonds. The maximum atomic E-state index is 12.1. The molecule has 0 heterocycles. The van der Waals surface area contributed by atoms with E-state index >= 15 is 0 Å². The van der Waals surface area contributed by atoms with Gasteiger partial charge in [-0.25, -0.2) is 0 Å². The molecule has 0 aliphatic rings. The fourth-order valence-corrected chi connectivity index (χ4v) is 2.12. The number of carbonyl (C=O) groups excluding carboxylic acids is 3. The number of aldehydes is 2. The highest BCUT2D eigenvalue weighted by molar-refractivity contribution is 5.96. The van der Waals surface area contributed by atoms with Crippen LogP contribution in [0.15, 0.2) is 54.6 Å². The molecular formula is C18H17NO3.